The normalized spacial score (nSPS) is 17.1. The summed E-state index contributed by atoms with van der Waals surface area (Å²) >= 11 is 0. The minimum atomic E-state index is -0.790. The van der Waals surface area contributed by atoms with Gasteiger partial charge in [-0.1, -0.05) is 18.2 Å². The molecule has 4 rings (SSSR count). The SMILES string of the molecule is CCOc1ccc(/C(O)=C2/C(=O)C(=O)N(Cc3cccnc3)C2c2cccc(OC)c2)cc1C. The summed E-state index contributed by atoms with van der Waals surface area (Å²) in [5.41, 5.74) is 2.72. The molecule has 0 saturated carbocycles. The van der Waals surface area contributed by atoms with E-state index in [0.717, 1.165) is 11.1 Å². The molecule has 2 heterocycles. The van der Waals surface area contributed by atoms with Gasteiger partial charge in [0.05, 0.1) is 25.3 Å². The Bertz CT molecular complexity index is 1250. The van der Waals surface area contributed by atoms with E-state index in [1.165, 1.54) is 4.90 Å². The van der Waals surface area contributed by atoms with Crippen molar-refractivity contribution in [2.45, 2.75) is 26.4 Å². The van der Waals surface area contributed by atoms with Crippen LogP contribution >= 0.6 is 0 Å². The first-order chi connectivity index (χ1) is 16.4. The van der Waals surface area contributed by atoms with E-state index in [9.17, 15) is 14.7 Å². The predicted molar refractivity (Wildman–Crippen MR) is 127 cm³/mol. The van der Waals surface area contributed by atoms with Crippen LogP contribution in [-0.4, -0.2) is 40.4 Å². The van der Waals surface area contributed by atoms with Gasteiger partial charge in [-0.15, -0.1) is 0 Å². The summed E-state index contributed by atoms with van der Waals surface area (Å²) in [5.74, 6) is -0.366. The quantitative estimate of drug-likeness (QED) is 0.320. The minimum absolute atomic E-state index is 0.0331. The average Bonchev–Trinajstić information content (AvgIpc) is 3.10. The van der Waals surface area contributed by atoms with Gasteiger partial charge in [-0.05, 0) is 66.9 Å². The van der Waals surface area contributed by atoms with Crippen LogP contribution in [0.2, 0.25) is 0 Å². The number of aliphatic hydroxyl groups excluding tert-OH is 1. The molecule has 3 aromatic rings. The van der Waals surface area contributed by atoms with Crippen molar-refractivity contribution >= 4 is 17.4 Å². The summed E-state index contributed by atoms with van der Waals surface area (Å²) in [5, 5.41) is 11.3. The number of pyridine rings is 1. The molecule has 0 aliphatic carbocycles. The van der Waals surface area contributed by atoms with Crippen LogP contribution in [0.5, 0.6) is 11.5 Å². The summed E-state index contributed by atoms with van der Waals surface area (Å²) in [6.45, 7) is 4.44. The third-order valence-corrected chi connectivity index (χ3v) is 5.77. The smallest absolute Gasteiger partial charge is 0.295 e. The van der Waals surface area contributed by atoms with Crippen molar-refractivity contribution in [2.75, 3.05) is 13.7 Å². The molecular formula is C27H26N2O5. The van der Waals surface area contributed by atoms with Crippen LogP contribution in [0.1, 0.15) is 35.2 Å². The van der Waals surface area contributed by atoms with Crippen molar-refractivity contribution in [1.82, 2.24) is 9.88 Å². The Morgan fingerprint density at radius 1 is 1.12 bits per heavy atom. The van der Waals surface area contributed by atoms with Crippen molar-refractivity contribution in [3.05, 3.63) is 94.8 Å². The standard InChI is InChI=1S/C27H26N2O5/c1-4-34-22-11-10-20(13-17(22)2)25(30)23-24(19-8-5-9-21(14-19)33-3)29(27(32)26(23)31)16-18-7-6-12-28-15-18/h5-15,24,30H,4,16H2,1-3H3/b25-23-. The molecule has 1 fully saturated rings. The van der Waals surface area contributed by atoms with Gasteiger partial charge in [0.1, 0.15) is 17.3 Å². The molecule has 34 heavy (non-hydrogen) atoms. The molecule has 1 aliphatic rings. The number of aryl methyl sites for hydroxylation is 1. The Morgan fingerprint density at radius 3 is 2.62 bits per heavy atom. The number of benzene rings is 2. The Kier molecular flexibility index (Phi) is 6.63. The highest BCUT2D eigenvalue weighted by Crippen LogP contribution is 2.41. The van der Waals surface area contributed by atoms with Gasteiger partial charge in [-0.3, -0.25) is 14.6 Å². The molecule has 7 nitrogen and oxygen atoms in total. The molecule has 1 saturated heterocycles. The molecule has 1 N–H and O–H groups in total. The maximum absolute atomic E-state index is 13.2. The first kappa shape index (κ1) is 23.0. The highest BCUT2D eigenvalue weighted by atomic mass is 16.5. The molecule has 174 valence electrons. The van der Waals surface area contributed by atoms with Gasteiger partial charge in [-0.25, -0.2) is 0 Å². The molecule has 1 unspecified atom stereocenters. The summed E-state index contributed by atoms with van der Waals surface area (Å²) in [6.07, 6.45) is 3.29. The molecule has 2 aromatic carbocycles. The zero-order valence-corrected chi connectivity index (χ0v) is 19.3. The molecule has 0 spiro atoms. The number of likely N-dealkylation sites (tertiary alicyclic amines) is 1. The van der Waals surface area contributed by atoms with Crippen molar-refractivity contribution in [2.24, 2.45) is 0 Å². The lowest BCUT2D eigenvalue weighted by molar-refractivity contribution is -0.140. The number of ether oxygens (including phenoxy) is 2. The molecule has 1 aromatic heterocycles. The van der Waals surface area contributed by atoms with Gasteiger partial charge >= 0.3 is 0 Å². The maximum Gasteiger partial charge on any atom is 0.295 e. The number of carbonyl (C=O) groups is 2. The number of hydrogen-bond donors (Lipinski definition) is 1. The Balaban J connectivity index is 1.85. The second-order valence-corrected chi connectivity index (χ2v) is 7.98. The van der Waals surface area contributed by atoms with Crippen molar-refractivity contribution in [3.8, 4) is 11.5 Å². The second-order valence-electron chi connectivity index (χ2n) is 7.98. The fourth-order valence-electron chi connectivity index (χ4n) is 4.16. The second kappa shape index (κ2) is 9.79. The third kappa shape index (κ3) is 4.37. The molecule has 0 radical (unpaired) electrons. The number of carbonyl (C=O) groups excluding carboxylic acids is 2. The van der Waals surface area contributed by atoms with E-state index in [1.54, 1.807) is 62.0 Å². The minimum Gasteiger partial charge on any atom is -0.507 e. The van der Waals surface area contributed by atoms with Crippen LogP contribution in [0, 0.1) is 6.92 Å². The van der Waals surface area contributed by atoms with Gasteiger partial charge in [-0.2, -0.15) is 0 Å². The van der Waals surface area contributed by atoms with E-state index in [2.05, 4.69) is 4.98 Å². The number of rotatable bonds is 7. The topological polar surface area (TPSA) is 89.0 Å². The Hall–Kier alpha value is -4.13. The summed E-state index contributed by atoms with van der Waals surface area (Å²) < 4.78 is 11.0. The molecule has 0 bridgehead atoms. The Morgan fingerprint density at radius 2 is 1.94 bits per heavy atom. The molecule has 1 aliphatic heterocycles. The molecule has 1 amide bonds. The van der Waals surface area contributed by atoms with Crippen LogP contribution in [0.15, 0.2) is 72.6 Å². The number of nitrogens with zero attached hydrogens (tertiary/aromatic N) is 2. The van der Waals surface area contributed by atoms with Crippen molar-refractivity contribution in [1.29, 1.82) is 0 Å². The lowest BCUT2D eigenvalue weighted by Gasteiger charge is -2.25. The number of amides is 1. The molecule has 1 atom stereocenters. The average molecular weight is 459 g/mol. The van der Waals surface area contributed by atoms with Gasteiger partial charge in [0.2, 0.25) is 0 Å². The van der Waals surface area contributed by atoms with Crippen LogP contribution in [0.3, 0.4) is 0 Å². The number of ketones is 1. The fraction of sp³-hybridized carbons (Fsp3) is 0.222. The summed E-state index contributed by atoms with van der Waals surface area (Å²) in [7, 11) is 1.55. The van der Waals surface area contributed by atoms with E-state index < -0.39 is 17.7 Å². The summed E-state index contributed by atoms with van der Waals surface area (Å²) in [4.78, 5) is 32.0. The number of Topliss-reactive ketones (excluding diaryl/α,β-unsaturated/α-hetero) is 1. The van der Waals surface area contributed by atoms with Crippen molar-refractivity contribution < 1.29 is 24.2 Å². The number of aromatic nitrogens is 1. The van der Waals surface area contributed by atoms with Gasteiger partial charge < -0.3 is 19.5 Å². The van der Waals surface area contributed by atoms with Crippen LogP contribution in [0.4, 0.5) is 0 Å². The fourth-order valence-corrected chi connectivity index (χ4v) is 4.16. The number of aliphatic hydroxyl groups is 1. The highest BCUT2D eigenvalue weighted by molar-refractivity contribution is 6.46. The van der Waals surface area contributed by atoms with E-state index in [1.807, 2.05) is 26.0 Å². The highest BCUT2D eigenvalue weighted by Gasteiger charge is 2.46. The molecule has 7 heteroatoms. The van der Waals surface area contributed by atoms with E-state index in [-0.39, 0.29) is 17.9 Å². The van der Waals surface area contributed by atoms with Crippen LogP contribution in [0.25, 0.3) is 5.76 Å². The van der Waals surface area contributed by atoms with E-state index in [0.29, 0.717) is 29.2 Å². The van der Waals surface area contributed by atoms with Gasteiger partial charge in [0, 0.05) is 24.5 Å². The monoisotopic (exact) mass is 458 g/mol. The predicted octanol–water partition coefficient (Wildman–Crippen LogP) is 4.42. The zero-order valence-electron chi connectivity index (χ0n) is 19.3. The van der Waals surface area contributed by atoms with Crippen LogP contribution < -0.4 is 9.47 Å². The van der Waals surface area contributed by atoms with E-state index in [4.69, 9.17) is 9.47 Å². The number of methoxy groups -OCH3 is 1. The van der Waals surface area contributed by atoms with E-state index >= 15 is 0 Å². The first-order valence-electron chi connectivity index (χ1n) is 11.0. The Labute approximate surface area is 198 Å². The lowest BCUT2D eigenvalue weighted by atomic mass is 9.94. The lowest BCUT2D eigenvalue weighted by Crippen LogP contribution is -2.29. The first-order valence-corrected chi connectivity index (χ1v) is 11.0. The maximum atomic E-state index is 13.2. The van der Waals surface area contributed by atoms with Gasteiger partial charge in [0.25, 0.3) is 11.7 Å². The number of hydrogen-bond acceptors (Lipinski definition) is 6. The summed E-state index contributed by atoms with van der Waals surface area (Å²) in [6, 6.07) is 15.2. The van der Waals surface area contributed by atoms with Crippen molar-refractivity contribution in [3.63, 3.8) is 0 Å². The zero-order chi connectivity index (χ0) is 24.2. The third-order valence-electron chi connectivity index (χ3n) is 5.77. The largest absolute Gasteiger partial charge is 0.507 e. The molecular weight excluding hydrogens is 432 g/mol. The van der Waals surface area contributed by atoms with Gasteiger partial charge in [0.15, 0.2) is 0 Å². The van der Waals surface area contributed by atoms with Crippen LogP contribution in [-0.2, 0) is 16.1 Å².